The van der Waals surface area contributed by atoms with E-state index in [4.69, 9.17) is 0 Å². The van der Waals surface area contributed by atoms with Crippen molar-refractivity contribution in [1.29, 1.82) is 0 Å². The molecule has 2 heteroatoms. The molecule has 1 aromatic heterocycles. The van der Waals surface area contributed by atoms with Gasteiger partial charge in [-0.2, -0.15) is 0 Å². The third-order valence-corrected chi connectivity index (χ3v) is 13.3. The molecule has 0 fully saturated rings. The SMILES string of the molecule is C1=CC(N(c2ccc3c(c2)C(c2ccccc2)(c2cccc(-c4ccccc4)c2)c2ccccc2-3)c2ccc3c4ccccc4n(-c4cccc(-c5ccccc5)c4)c3c2)=CCC1. The zero-order chi connectivity index (χ0) is 41.7. The molecule has 0 saturated carbocycles. The number of rotatable bonds is 8. The lowest BCUT2D eigenvalue weighted by molar-refractivity contribution is 0.768. The molecule has 2 aliphatic carbocycles. The molecule has 10 aromatic rings. The van der Waals surface area contributed by atoms with Crippen molar-refractivity contribution >= 4 is 33.2 Å². The molecule has 2 aliphatic rings. The van der Waals surface area contributed by atoms with Crippen LogP contribution < -0.4 is 4.90 Å². The first-order valence-corrected chi connectivity index (χ1v) is 22.1. The van der Waals surface area contributed by atoms with Crippen LogP contribution in [0.3, 0.4) is 0 Å². The van der Waals surface area contributed by atoms with Gasteiger partial charge in [-0.05, 0) is 123 Å². The van der Waals surface area contributed by atoms with Gasteiger partial charge in [0.1, 0.15) is 0 Å². The molecule has 63 heavy (non-hydrogen) atoms. The highest BCUT2D eigenvalue weighted by Crippen LogP contribution is 2.57. The molecule has 0 spiro atoms. The van der Waals surface area contributed by atoms with E-state index in [0.29, 0.717) is 0 Å². The fourth-order valence-electron chi connectivity index (χ4n) is 10.5. The summed E-state index contributed by atoms with van der Waals surface area (Å²) in [6.07, 6.45) is 9.06. The maximum absolute atomic E-state index is 2.49. The van der Waals surface area contributed by atoms with Crippen LogP contribution in [-0.4, -0.2) is 4.57 Å². The summed E-state index contributed by atoms with van der Waals surface area (Å²) in [6, 6.07) is 82.9. The van der Waals surface area contributed by atoms with Gasteiger partial charge in [-0.15, -0.1) is 0 Å². The number of nitrogens with zero attached hydrogens (tertiary/aromatic N) is 2. The monoisotopic (exact) mass is 804 g/mol. The second kappa shape index (κ2) is 15.2. The van der Waals surface area contributed by atoms with Gasteiger partial charge in [0.05, 0.1) is 16.4 Å². The van der Waals surface area contributed by atoms with Gasteiger partial charge in [0, 0.05) is 33.5 Å². The zero-order valence-electron chi connectivity index (χ0n) is 34.9. The number of anilines is 2. The molecule has 0 radical (unpaired) electrons. The van der Waals surface area contributed by atoms with Crippen LogP contribution in [0.1, 0.15) is 35.1 Å². The minimum absolute atomic E-state index is 0.559. The van der Waals surface area contributed by atoms with E-state index in [0.717, 1.165) is 29.9 Å². The highest BCUT2D eigenvalue weighted by molar-refractivity contribution is 6.10. The Labute approximate surface area is 369 Å². The highest BCUT2D eigenvalue weighted by atomic mass is 15.1. The first-order chi connectivity index (χ1) is 31.3. The second-order valence-corrected chi connectivity index (χ2v) is 16.8. The maximum Gasteiger partial charge on any atom is 0.0714 e. The molecule has 0 bridgehead atoms. The molecule has 1 heterocycles. The smallest absolute Gasteiger partial charge is 0.0714 e. The Morgan fingerprint density at radius 1 is 0.397 bits per heavy atom. The standard InChI is InChI=1S/C61H44N2/c1-5-19-43(20-6-1)45-23-17-27-48(39-45)61(47-25-9-3-10-26-47)57-33-15-13-31-53(57)54-37-35-51(41-58(54)61)62(49-28-11-4-12-29-49)52-36-38-56-55-32-14-16-34-59(55)63(60(56)42-52)50-30-18-24-46(40-50)44-21-7-2-8-22-44/h1-3,5-11,13-42H,4,12H2. The maximum atomic E-state index is 2.49. The van der Waals surface area contributed by atoms with Crippen molar-refractivity contribution in [3.05, 3.63) is 271 Å². The number of allylic oxidation sites excluding steroid dienone is 3. The van der Waals surface area contributed by atoms with Gasteiger partial charge in [0.2, 0.25) is 0 Å². The quantitative estimate of drug-likeness (QED) is 0.149. The van der Waals surface area contributed by atoms with Crippen molar-refractivity contribution < 1.29 is 0 Å². The molecule has 12 rings (SSSR count). The van der Waals surface area contributed by atoms with Crippen molar-refractivity contribution in [2.45, 2.75) is 18.3 Å². The van der Waals surface area contributed by atoms with Crippen LogP contribution >= 0.6 is 0 Å². The average molecular weight is 805 g/mol. The predicted octanol–water partition coefficient (Wildman–Crippen LogP) is 15.9. The normalized spacial score (nSPS) is 15.3. The van der Waals surface area contributed by atoms with E-state index in [1.165, 1.54) is 83.1 Å². The zero-order valence-corrected chi connectivity index (χ0v) is 34.9. The Kier molecular flexibility index (Phi) is 8.90. The summed E-state index contributed by atoms with van der Waals surface area (Å²) in [6.45, 7) is 0. The summed E-state index contributed by atoms with van der Waals surface area (Å²) >= 11 is 0. The first-order valence-electron chi connectivity index (χ1n) is 22.1. The molecule has 9 aromatic carbocycles. The van der Waals surface area contributed by atoms with E-state index in [1.807, 2.05) is 0 Å². The summed E-state index contributed by atoms with van der Waals surface area (Å²) in [5, 5.41) is 2.48. The summed E-state index contributed by atoms with van der Waals surface area (Å²) < 4.78 is 2.45. The Morgan fingerprint density at radius 3 is 1.78 bits per heavy atom. The minimum Gasteiger partial charge on any atom is -0.311 e. The molecular formula is C61H44N2. The van der Waals surface area contributed by atoms with Crippen molar-refractivity contribution in [3.8, 4) is 39.1 Å². The lowest BCUT2D eigenvalue weighted by atomic mass is 9.67. The summed E-state index contributed by atoms with van der Waals surface area (Å²) in [5.41, 5.74) is 18.9. The Bertz CT molecular complexity index is 3390. The summed E-state index contributed by atoms with van der Waals surface area (Å²) in [4.78, 5) is 2.48. The van der Waals surface area contributed by atoms with Crippen molar-refractivity contribution in [1.82, 2.24) is 4.57 Å². The number of fused-ring (bicyclic) bond motifs is 6. The number of aromatic nitrogens is 1. The van der Waals surface area contributed by atoms with Crippen molar-refractivity contribution in [2.75, 3.05) is 4.90 Å². The fourth-order valence-corrected chi connectivity index (χ4v) is 10.5. The predicted molar refractivity (Wildman–Crippen MR) is 264 cm³/mol. The minimum atomic E-state index is -0.559. The van der Waals surface area contributed by atoms with Crippen LogP contribution in [0.15, 0.2) is 248 Å². The van der Waals surface area contributed by atoms with Crippen LogP contribution in [0.2, 0.25) is 0 Å². The van der Waals surface area contributed by atoms with Gasteiger partial charge >= 0.3 is 0 Å². The topological polar surface area (TPSA) is 8.17 Å². The van der Waals surface area contributed by atoms with E-state index < -0.39 is 5.41 Å². The second-order valence-electron chi connectivity index (χ2n) is 16.8. The Morgan fingerprint density at radius 2 is 1.00 bits per heavy atom. The van der Waals surface area contributed by atoms with E-state index >= 15 is 0 Å². The number of benzene rings is 9. The van der Waals surface area contributed by atoms with Gasteiger partial charge in [-0.1, -0.05) is 188 Å². The van der Waals surface area contributed by atoms with E-state index in [2.05, 4.69) is 252 Å². The first kappa shape index (κ1) is 36.9. The fraction of sp³-hybridized carbons (Fsp3) is 0.0492. The molecule has 2 nitrogen and oxygen atoms in total. The molecular weight excluding hydrogens is 761 g/mol. The molecule has 298 valence electrons. The van der Waals surface area contributed by atoms with E-state index in [9.17, 15) is 0 Å². The van der Waals surface area contributed by atoms with E-state index in [1.54, 1.807) is 0 Å². The van der Waals surface area contributed by atoms with Crippen LogP contribution in [0.5, 0.6) is 0 Å². The molecule has 0 amide bonds. The molecule has 0 aliphatic heterocycles. The number of hydrogen-bond donors (Lipinski definition) is 0. The third-order valence-electron chi connectivity index (χ3n) is 13.3. The van der Waals surface area contributed by atoms with Gasteiger partial charge in [-0.3, -0.25) is 0 Å². The average Bonchev–Trinajstić information content (AvgIpc) is 3.85. The van der Waals surface area contributed by atoms with E-state index in [-0.39, 0.29) is 0 Å². The third kappa shape index (κ3) is 6.02. The van der Waals surface area contributed by atoms with Crippen molar-refractivity contribution in [2.24, 2.45) is 0 Å². The summed E-state index contributed by atoms with van der Waals surface area (Å²) in [7, 11) is 0. The van der Waals surface area contributed by atoms with Crippen LogP contribution in [0.25, 0.3) is 60.9 Å². The Balaban J connectivity index is 1.09. The van der Waals surface area contributed by atoms with Crippen LogP contribution in [0, 0.1) is 0 Å². The van der Waals surface area contributed by atoms with Gasteiger partial charge in [0.25, 0.3) is 0 Å². The molecule has 1 unspecified atom stereocenters. The largest absolute Gasteiger partial charge is 0.311 e. The Hall–Kier alpha value is -7.94. The van der Waals surface area contributed by atoms with Crippen LogP contribution in [0.4, 0.5) is 11.4 Å². The number of hydrogen-bond acceptors (Lipinski definition) is 1. The lowest BCUT2D eigenvalue weighted by Crippen LogP contribution is -2.29. The van der Waals surface area contributed by atoms with Gasteiger partial charge in [-0.25, -0.2) is 0 Å². The van der Waals surface area contributed by atoms with Gasteiger partial charge < -0.3 is 9.47 Å². The number of para-hydroxylation sites is 1. The highest BCUT2D eigenvalue weighted by Gasteiger charge is 2.46. The molecule has 0 saturated heterocycles. The van der Waals surface area contributed by atoms with Crippen LogP contribution in [-0.2, 0) is 5.41 Å². The van der Waals surface area contributed by atoms with Crippen molar-refractivity contribution in [3.63, 3.8) is 0 Å². The van der Waals surface area contributed by atoms with Gasteiger partial charge in [0.15, 0.2) is 0 Å². The molecule has 1 atom stereocenters. The summed E-state index contributed by atoms with van der Waals surface area (Å²) in [5.74, 6) is 0. The molecule has 0 N–H and O–H groups in total. The lowest BCUT2D eigenvalue weighted by Gasteiger charge is -2.35.